The minimum Gasteiger partial charge on any atom is -0.360 e. The van der Waals surface area contributed by atoms with Crippen molar-refractivity contribution in [2.24, 2.45) is 0 Å². The molecule has 0 saturated carbocycles. The van der Waals surface area contributed by atoms with Crippen molar-refractivity contribution in [2.75, 3.05) is 23.3 Å². The van der Waals surface area contributed by atoms with E-state index in [0.29, 0.717) is 23.9 Å². The van der Waals surface area contributed by atoms with Gasteiger partial charge in [-0.25, -0.2) is 4.39 Å². The van der Waals surface area contributed by atoms with Crippen molar-refractivity contribution in [3.05, 3.63) is 35.1 Å². The van der Waals surface area contributed by atoms with E-state index in [0.717, 1.165) is 0 Å². The fourth-order valence-electron chi connectivity index (χ4n) is 1.74. The first kappa shape index (κ1) is 14.4. The molecule has 20 heavy (non-hydrogen) atoms. The molecular formula is C13H15FN4OS. The summed E-state index contributed by atoms with van der Waals surface area (Å²) in [6.07, 6.45) is 0. The molecule has 2 aromatic rings. The lowest BCUT2D eigenvalue weighted by Crippen LogP contribution is -2.30. The van der Waals surface area contributed by atoms with Crippen molar-refractivity contribution in [1.29, 1.82) is 0 Å². The molecule has 5 nitrogen and oxygen atoms in total. The molecule has 106 valence electrons. The normalized spacial score (nSPS) is 10.3. The van der Waals surface area contributed by atoms with Crippen LogP contribution in [0.3, 0.4) is 0 Å². The third-order valence-corrected chi connectivity index (χ3v) is 3.49. The molecular weight excluding hydrogens is 279 g/mol. The highest BCUT2D eigenvalue weighted by Crippen LogP contribution is 2.21. The topological polar surface area (TPSA) is 58.1 Å². The molecule has 0 spiro atoms. The first-order chi connectivity index (χ1) is 9.65. The first-order valence-electron chi connectivity index (χ1n) is 6.30. The Morgan fingerprint density at radius 3 is 2.85 bits per heavy atom. The van der Waals surface area contributed by atoms with E-state index in [4.69, 9.17) is 0 Å². The summed E-state index contributed by atoms with van der Waals surface area (Å²) >= 11 is 1.19. The summed E-state index contributed by atoms with van der Waals surface area (Å²) in [5.74, 6) is -0.654. The summed E-state index contributed by atoms with van der Waals surface area (Å²) in [6.45, 7) is 4.91. The van der Waals surface area contributed by atoms with E-state index >= 15 is 0 Å². The largest absolute Gasteiger partial charge is 0.360 e. The molecule has 0 atom stereocenters. The van der Waals surface area contributed by atoms with E-state index in [2.05, 4.69) is 15.5 Å². The fourth-order valence-corrected chi connectivity index (χ4v) is 2.50. The molecule has 7 heteroatoms. The molecule has 0 radical (unpaired) electrons. The smallest absolute Gasteiger partial charge is 0.289 e. The highest BCUT2D eigenvalue weighted by molar-refractivity contribution is 7.17. The Morgan fingerprint density at radius 1 is 1.40 bits per heavy atom. The first-order valence-corrected chi connectivity index (χ1v) is 7.12. The summed E-state index contributed by atoms with van der Waals surface area (Å²) in [7, 11) is 0. The molecule has 1 N–H and O–H groups in total. The summed E-state index contributed by atoms with van der Waals surface area (Å²) in [4.78, 5) is 13.9. The number of anilines is 2. The van der Waals surface area contributed by atoms with Crippen LogP contribution in [0, 0.1) is 5.82 Å². The standard InChI is InChI=1S/C13H15FN4OS/c1-3-15-13-17-16-11(20-13)12(19)18(4-2)10-7-5-6-9(14)8-10/h5-8H,3-4H2,1-2H3,(H,15,17). The van der Waals surface area contributed by atoms with Gasteiger partial charge in [-0.1, -0.05) is 17.4 Å². The molecule has 1 aromatic carbocycles. The number of carbonyl (C=O) groups is 1. The second-order valence-electron chi connectivity index (χ2n) is 3.97. The molecule has 1 amide bonds. The predicted molar refractivity (Wildman–Crippen MR) is 77.8 cm³/mol. The van der Waals surface area contributed by atoms with Crippen LogP contribution in [0.1, 0.15) is 23.6 Å². The molecule has 0 unspecified atom stereocenters. The maximum absolute atomic E-state index is 13.3. The zero-order valence-electron chi connectivity index (χ0n) is 11.3. The molecule has 1 aromatic heterocycles. The van der Waals surface area contributed by atoms with E-state index in [9.17, 15) is 9.18 Å². The third kappa shape index (κ3) is 3.11. The maximum Gasteiger partial charge on any atom is 0.289 e. The van der Waals surface area contributed by atoms with Gasteiger partial charge in [-0.3, -0.25) is 4.79 Å². The molecule has 0 aliphatic heterocycles. The second-order valence-corrected chi connectivity index (χ2v) is 4.95. The zero-order valence-corrected chi connectivity index (χ0v) is 12.1. The van der Waals surface area contributed by atoms with Crippen LogP contribution in [0.25, 0.3) is 0 Å². The van der Waals surface area contributed by atoms with Crippen molar-refractivity contribution in [3.63, 3.8) is 0 Å². The number of hydrogen-bond acceptors (Lipinski definition) is 5. The Morgan fingerprint density at radius 2 is 2.20 bits per heavy atom. The average molecular weight is 294 g/mol. The van der Waals surface area contributed by atoms with Gasteiger partial charge in [0, 0.05) is 18.8 Å². The summed E-state index contributed by atoms with van der Waals surface area (Å²) in [5, 5.41) is 11.7. The Labute approximate surface area is 120 Å². The van der Waals surface area contributed by atoms with Crippen molar-refractivity contribution < 1.29 is 9.18 Å². The number of hydrogen-bond donors (Lipinski definition) is 1. The van der Waals surface area contributed by atoms with E-state index in [1.165, 1.54) is 28.4 Å². The summed E-state index contributed by atoms with van der Waals surface area (Å²) < 4.78 is 13.3. The number of halogens is 1. The van der Waals surface area contributed by atoms with Gasteiger partial charge in [0.25, 0.3) is 5.91 Å². The third-order valence-electron chi connectivity index (χ3n) is 2.62. The van der Waals surface area contributed by atoms with Crippen LogP contribution in [0.15, 0.2) is 24.3 Å². The van der Waals surface area contributed by atoms with Crippen LogP contribution in [-0.4, -0.2) is 29.2 Å². The van der Waals surface area contributed by atoms with E-state index < -0.39 is 0 Å². The van der Waals surface area contributed by atoms with Gasteiger partial charge in [-0.05, 0) is 32.0 Å². The number of nitrogens with zero attached hydrogens (tertiary/aromatic N) is 3. The Bertz CT molecular complexity index is 602. The Kier molecular flexibility index (Phi) is 4.62. The summed E-state index contributed by atoms with van der Waals surface area (Å²) in [5.41, 5.74) is 0.512. The SMILES string of the molecule is CCNc1nnc(C(=O)N(CC)c2cccc(F)c2)s1. The minimum absolute atomic E-state index is 0.278. The zero-order chi connectivity index (χ0) is 14.5. The van der Waals surface area contributed by atoms with Gasteiger partial charge in [0.2, 0.25) is 10.1 Å². The van der Waals surface area contributed by atoms with Gasteiger partial charge in [-0.2, -0.15) is 0 Å². The van der Waals surface area contributed by atoms with Gasteiger partial charge in [0.05, 0.1) is 0 Å². The van der Waals surface area contributed by atoms with Crippen LogP contribution in [0.2, 0.25) is 0 Å². The molecule has 0 fully saturated rings. The second kappa shape index (κ2) is 6.42. The lowest BCUT2D eigenvalue weighted by atomic mass is 10.2. The summed E-state index contributed by atoms with van der Waals surface area (Å²) in [6, 6.07) is 5.94. The number of carbonyl (C=O) groups excluding carboxylic acids is 1. The van der Waals surface area contributed by atoms with Gasteiger partial charge < -0.3 is 10.2 Å². The Balaban J connectivity index is 2.24. The van der Waals surface area contributed by atoms with E-state index in [1.54, 1.807) is 12.1 Å². The lowest BCUT2D eigenvalue weighted by molar-refractivity contribution is 0.0987. The van der Waals surface area contributed by atoms with Gasteiger partial charge in [0.15, 0.2) is 0 Å². The lowest BCUT2D eigenvalue weighted by Gasteiger charge is -2.19. The van der Waals surface area contributed by atoms with Crippen LogP contribution in [0.4, 0.5) is 15.2 Å². The van der Waals surface area contributed by atoms with Crippen LogP contribution >= 0.6 is 11.3 Å². The van der Waals surface area contributed by atoms with Crippen LogP contribution in [0.5, 0.6) is 0 Å². The van der Waals surface area contributed by atoms with Crippen LogP contribution in [-0.2, 0) is 0 Å². The van der Waals surface area contributed by atoms with Crippen molar-refractivity contribution in [3.8, 4) is 0 Å². The average Bonchev–Trinajstić information content (AvgIpc) is 2.89. The highest BCUT2D eigenvalue weighted by atomic mass is 32.1. The highest BCUT2D eigenvalue weighted by Gasteiger charge is 2.20. The molecule has 0 bridgehead atoms. The van der Waals surface area contributed by atoms with Crippen molar-refractivity contribution in [2.45, 2.75) is 13.8 Å². The molecule has 0 saturated heterocycles. The molecule has 1 heterocycles. The molecule has 2 rings (SSSR count). The van der Waals surface area contributed by atoms with E-state index in [1.807, 2.05) is 13.8 Å². The molecule has 0 aliphatic rings. The predicted octanol–water partition coefficient (Wildman–Crippen LogP) is 2.78. The number of nitrogens with one attached hydrogen (secondary N) is 1. The maximum atomic E-state index is 13.3. The van der Waals surface area contributed by atoms with Gasteiger partial charge in [0.1, 0.15) is 5.82 Å². The van der Waals surface area contributed by atoms with Gasteiger partial charge in [-0.15, -0.1) is 10.2 Å². The van der Waals surface area contributed by atoms with Crippen LogP contribution < -0.4 is 10.2 Å². The minimum atomic E-state index is -0.376. The van der Waals surface area contributed by atoms with Crippen molar-refractivity contribution in [1.82, 2.24) is 10.2 Å². The fraction of sp³-hybridized carbons (Fsp3) is 0.308. The quantitative estimate of drug-likeness (QED) is 0.921. The molecule has 0 aliphatic carbocycles. The number of rotatable bonds is 5. The monoisotopic (exact) mass is 294 g/mol. The van der Waals surface area contributed by atoms with E-state index in [-0.39, 0.29) is 16.7 Å². The number of aromatic nitrogens is 2. The number of benzene rings is 1. The van der Waals surface area contributed by atoms with Gasteiger partial charge >= 0.3 is 0 Å². The van der Waals surface area contributed by atoms with Crippen molar-refractivity contribution >= 4 is 28.1 Å². The number of amides is 1. The Hall–Kier alpha value is -2.02.